The molecule has 0 atom stereocenters. The van der Waals surface area contributed by atoms with Gasteiger partial charge in [0.05, 0.1) is 4.90 Å². The molecule has 9 heteroatoms. The highest BCUT2D eigenvalue weighted by Crippen LogP contribution is 2.48. The van der Waals surface area contributed by atoms with Crippen molar-refractivity contribution in [2.45, 2.75) is 23.2 Å². The van der Waals surface area contributed by atoms with Crippen LogP contribution in [0.25, 0.3) is 0 Å². The first-order chi connectivity index (χ1) is 13.5. The molecule has 1 aliphatic rings. The van der Waals surface area contributed by atoms with Crippen LogP contribution in [0, 0.1) is 0 Å². The van der Waals surface area contributed by atoms with Crippen molar-refractivity contribution in [1.29, 1.82) is 0 Å². The number of nitrogens with zero attached hydrogens (tertiary/aromatic N) is 1. The van der Waals surface area contributed by atoms with E-state index in [1.165, 1.54) is 5.56 Å². The first-order valence-corrected chi connectivity index (χ1v) is 11.1. The topological polar surface area (TPSA) is 82.6 Å². The number of guanidine groups is 1. The lowest BCUT2D eigenvalue weighted by atomic mass is 9.96. The molecular formula is C20H26ClIN4O2S. The molecule has 0 spiro atoms. The molecule has 1 saturated carbocycles. The molecule has 158 valence electrons. The van der Waals surface area contributed by atoms with Crippen molar-refractivity contribution in [3.05, 3.63) is 65.2 Å². The van der Waals surface area contributed by atoms with Crippen molar-refractivity contribution in [2.75, 3.05) is 26.7 Å². The van der Waals surface area contributed by atoms with Crippen molar-refractivity contribution in [1.82, 2.24) is 15.4 Å². The van der Waals surface area contributed by atoms with Crippen LogP contribution in [-0.2, 0) is 15.4 Å². The zero-order chi connectivity index (χ0) is 20.0. The summed E-state index contributed by atoms with van der Waals surface area (Å²) < 4.78 is 27.0. The molecule has 0 aliphatic heterocycles. The van der Waals surface area contributed by atoms with Crippen LogP contribution < -0.4 is 15.4 Å². The minimum Gasteiger partial charge on any atom is -0.356 e. The summed E-state index contributed by atoms with van der Waals surface area (Å²) >= 11 is 6.12. The molecule has 0 heterocycles. The molecule has 0 amide bonds. The first-order valence-electron chi connectivity index (χ1n) is 9.20. The molecule has 0 radical (unpaired) electrons. The van der Waals surface area contributed by atoms with Crippen molar-refractivity contribution < 1.29 is 8.42 Å². The molecule has 3 rings (SSSR count). The lowest BCUT2D eigenvalue weighted by molar-refractivity contribution is 0.580. The molecule has 0 bridgehead atoms. The van der Waals surface area contributed by atoms with E-state index < -0.39 is 10.0 Å². The number of hydrogen-bond acceptors (Lipinski definition) is 3. The van der Waals surface area contributed by atoms with Gasteiger partial charge in [0.1, 0.15) is 0 Å². The summed E-state index contributed by atoms with van der Waals surface area (Å²) in [4.78, 5) is 4.47. The third kappa shape index (κ3) is 6.56. The van der Waals surface area contributed by atoms with Gasteiger partial charge in [-0.1, -0.05) is 41.9 Å². The number of benzene rings is 2. The van der Waals surface area contributed by atoms with E-state index in [4.69, 9.17) is 11.6 Å². The fourth-order valence-electron chi connectivity index (χ4n) is 3.06. The minimum absolute atomic E-state index is 0. The highest BCUT2D eigenvalue weighted by Gasteiger charge is 2.44. The second-order valence-corrected chi connectivity index (χ2v) is 9.06. The Kier molecular flexibility index (Phi) is 8.74. The number of nitrogens with one attached hydrogen (secondary N) is 3. The Labute approximate surface area is 194 Å². The maximum atomic E-state index is 12.2. The summed E-state index contributed by atoms with van der Waals surface area (Å²) in [5.74, 6) is 0.646. The van der Waals surface area contributed by atoms with E-state index >= 15 is 0 Å². The fraction of sp³-hybridized carbons (Fsp3) is 0.350. The molecule has 2 aromatic carbocycles. The van der Waals surface area contributed by atoms with Crippen LogP contribution in [0.5, 0.6) is 0 Å². The van der Waals surface area contributed by atoms with Crippen LogP contribution >= 0.6 is 35.6 Å². The molecule has 1 fully saturated rings. The molecule has 2 aromatic rings. The zero-order valence-electron chi connectivity index (χ0n) is 16.2. The van der Waals surface area contributed by atoms with E-state index in [0.29, 0.717) is 12.5 Å². The lowest BCUT2D eigenvalue weighted by Gasteiger charge is -2.19. The number of aliphatic imine (C=N–C) groups is 1. The van der Waals surface area contributed by atoms with Gasteiger partial charge in [-0.15, -0.1) is 24.0 Å². The Balaban J connectivity index is 0.00000300. The van der Waals surface area contributed by atoms with Crippen molar-refractivity contribution >= 4 is 51.6 Å². The van der Waals surface area contributed by atoms with Gasteiger partial charge < -0.3 is 10.6 Å². The Morgan fingerprint density at radius 1 is 1.07 bits per heavy atom. The predicted molar refractivity (Wildman–Crippen MR) is 129 cm³/mol. The maximum absolute atomic E-state index is 12.2. The molecule has 1 aliphatic carbocycles. The minimum atomic E-state index is -3.49. The third-order valence-corrected chi connectivity index (χ3v) is 6.58. The van der Waals surface area contributed by atoms with Gasteiger partial charge >= 0.3 is 0 Å². The van der Waals surface area contributed by atoms with Gasteiger partial charge in [0.15, 0.2) is 5.96 Å². The van der Waals surface area contributed by atoms with Gasteiger partial charge in [-0.25, -0.2) is 13.1 Å². The Hall–Kier alpha value is -1.36. The monoisotopic (exact) mass is 548 g/mol. The summed E-state index contributed by atoms with van der Waals surface area (Å²) in [6.07, 6.45) is 2.21. The number of rotatable bonds is 8. The summed E-state index contributed by atoms with van der Waals surface area (Å²) in [6.45, 7) is 1.44. The summed E-state index contributed by atoms with van der Waals surface area (Å²) in [5, 5.41) is 7.23. The van der Waals surface area contributed by atoms with Crippen LogP contribution in [0.1, 0.15) is 18.4 Å². The molecule has 6 nitrogen and oxygen atoms in total. The van der Waals surface area contributed by atoms with Crippen LogP contribution in [0.2, 0.25) is 5.02 Å². The average Bonchev–Trinajstić information content (AvgIpc) is 3.49. The summed E-state index contributed by atoms with van der Waals surface area (Å²) in [6, 6.07) is 16.3. The summed E-state index contributed by atoms with van der Waals surface area (Å²) in [5.41, 5.74) is 1.33. The largest absolute Gasteiger partial charge is 0.356 e. The van der Waals surface area contributed by atoms with E-state index in [-0.39, 0.29) is 40.8 Å². The Morgan fingerprint density at radius 2 is 1.79 bits per heavy atom. The van der Waals surface area contributed by atoms with Crippen molar-refractivity contribution in [3.8, 4) is 0 Å². The average molecular weight is 549 g/mol. The van der Waals surface area contributed by atoms with E-state index in [0.717, 1.165) is 24.4 Å². The standard InChI is InChI=1S/C20H25ClN4O2S.HI/c1-22-19(23-12-13-25-28(26,27)18-8-3-2-4-9-18)24-15-20(10-11-20)16-6-5-7-17(21)14-16;/h2-9,14,25H,10-13,15H2,1H3,(H2,22,23,24);1H. The number of halogens is 2. The molecular weight excluding hydrogens is 523 g/mol. The normalized spacial score (nSPS) is 15.3. The second-order valence-electron chi connectivity index (χ2n) is 6.85. The molecule has 0 aromatic heterocycles. The van der Waals surface area contributed by atoms with Crippen molar-refractivity contribution in [2.24, 2.45) is 4.99 Å². The van der Waals surface area contributed by atoms with E-state index in [1.54, 1.807) is 37.4 Å². The fourth-order valence-corrected chi connectivity index (χ4v) is 4.30. The second kappa shape index (κ2) is 10.6. The van der Waals surface area contributed by atoms with Gasteiger partial charge in [0, 0.05) is 37.1 Å². The Morgan fingerprint density at radius 3 is 2.41 bits per heavy atom. The van der Waals surface area contributed by atoms with Gasteiger partial charge in [0.2, 0.25) is 10.0 Å². The Bertz CT molecular complexity index is 935. The highest BCUT2D eigenvalue weighted by molar-refractivity contribution is 14.0. The lowest BCUT2D eigenvalue weighted by Crippen LogP contribution is -2.44. The predicted octanol–water partition coefficient (Wildman–Crippen LogP) is 3.13. The molecule has 0 unspecified atom stereocenters. The number of sulfonamides is 1. The SMILES string of the molecule is CN=C(NCCNS(=O)(=O)c1ccccc1)NCC1(c2cccc(Cl)c2)CC1.I. The molecule has 0 saturated heterocycles. The van der Waals surface area contributed by atoms with Crippen LogP contribution in [0.3, 0.4) is 0 Å². The van der Waals surface area contributed by atoms with Crippen molar-refractivity contribution in [3.63, 3.8) is 0 Å². The zero-order valence-corrected chi connectivity index (χ0v) is 20.1. The van der Waals surface area contributed by atoms with E-state index in [1.807, 2.05) is 18.2 Å². The summed E-state index contributed by atoms with van der Waals surface area (Å²) in [7, 11) is -1.80. The van der Waals surface area contributed by atoms with Crippen LogP contribution in [-0.4, -0.2) is 41.1 Å². The molecule has 29 heavy (non-hydrogen) atoms. The van der Waals surface area contributed by atoms with Gasteiger partial charge in [-0.05, 0) is 42.7 Å². The smallest absolute Gasteiger partial charge is 0.240 e. The maximum Gasteiger partial charge on any atom is 0.240 e. The quantitative estimate of drug-likeness (QED) is 0.205. The number of hydrogen-bond donors (Lipinski definition) is 3. The van der Waals surface area contributed by atoms with Crippen LogP contribution in [0.4, 0.5) is 0 Å². The van der Waals surface area contributed by atoms with E-state index in [2.05, 4.69) is 26.4 Å². The van der Waals surface area contributed by atoms with E-state index in [9.17, 15) is 8.42 Å². The first kappa shape index (κ1) is 23.9. The van der Waals surface area contributed by atoms with Gasteiger partial charge in [0.25, 0.3) is 0 Å². The molecule has 3 N–H and O–H groups in total. The van der Waals surface area contributed by atoms with Crippen LogP contribution in [0.15, 0.2) is 64.5 Å². The highest BCUT2D eigenvalue weighted by atomic mass is 127. The van der Waals surface area contributed by atoms with Gasteiger partial charge in [-0.2, -0.15) is 0 Å². The van der Waals surface area contributed by atoms with Gasteiger partial charge in [-0.3, -0.25) is 4.99 Å². The third-order valence-electron chi connectivity index (χ3n) is 4.87.